The maximum Gasteiger partial charge on any atom is 0.416 e. The number of carbonyl (C=O) groups is 1. The second-order valence-electron chi connectivity index (χ2n) is 6.93. The maximum atomic E-state index is 13.0. The van der Waals surface area contributed by atoms with Crippen molar-refractivity contribution < 1.29 is 22.4 Å². The van der Waals surface area contributed by atoms with Gasteiger partial charge in [0.25, 0.3) is 5.91 Å². The zero-order valence-corrected chi connectivity index (χ0v) is 15.6. The fraction of sp³-hybridized carbons (Fsp3) is 0.190. The highest BCUT2D eigenvalue weighted by Gasteiger charge is 2.35. The number of nitrogens with zero attached hydrogens (tertiary/aromatic N) is 4. The first-order chi connectivity index (χ1) is 14.2. The molecule has 1 aliphatic rings. The first kappa shape index (κ1) is 19.8. The van der Waals surface area contributed by atoms with Gasteiger partial charge in [-0.1, -0.05) is 24.8 Å². The number of halogens is 4. The first-order valence-electron chi connectivity index (χ1n) is 9.06. The number of amides is 1. The smallest absolute Gasteiger partial charge is 0.332 e. The van der Waals surface area contributed by atoms with Gasteiger partial charge in [-0.3, -0.25) is 4.79 Å². The van der Waals surface area contributed by atoms with Crippen molar-refractivity contribution in [1.82, 2.24) is 19.7 Å². The molecule has 1 aliphatic heterocycles. The normalized spacial score (nSPS) is 15.0. The third kappa shape index (κ3) is 3.70. The van der Waals surface area contributed by atoms with Crippen LogP contribution >= 0.6 is 0 Å². The van der Waals surface area contributed by atoms with Gasteiger partial charge < -0.3 is 4.90 Å². The molecule has 1 amide bonds. The van der Waals surface area contributed by atoms with Crippen molar-refractivity contribution in [3.05, 3.63) is 71.8 Å². The molecule has 0 spiro atoms. The number of aromatic nitrogens is 3. The van der Waals surface area contributed by atoms with E-state index in [0.29, 0.717) is 16.9 Å². The van der Waals surface area contributed by atoms with Crippen molar-refractivity contribution >= 4 is 29.1 Å². The third-order valence-electron chi connectivity index (χ3n) is 4.89. The summed E-state index contributed by atoms with van der Waals surface area (Å²) in [5.74, 6) is -1.74. The second-order valence-corrected chi connectivity index (χ2v) is 6.93. The van der Waals surface area contributed by atoms with Gasteiger partial charge in [0.05, 0.1) is 17.3 Å². The van der Waals surface area contributed by atoms with Crippen LogP contribution in [0.1, 0.15) is 22.9 Å². The van der Waals surface area contributed by atoms with Crippen LogP contribution in [0.3, 0.4) is 0 Å². The molecule has 4 rings (SSSR count). The number of hydrogen-bond acceptors (Lipinski definition) is 3. The Balaban J connectivity index is 1.58. The molecule has 154 valence electrons. The van der Waals surface area contributed by atoms with E-state index in [0.717, 1.165) is 17.5 Å². The van der Waals surface area contributed by atoms with Crippen molar-refractivity contribution in [1.29, 1.82) is 0 Å². The van der Waals surface area contributed by atoms with Gasteiger partial charge in [-0.05, 0) is 35.9 Å². The Hall–Kier alpha value is -3.49. The molecule has 3 aromatic rings. The minimum Gasteiger partial charge on any atom is -0.332 e. The largest absolute Gasteiger partial charge is 0.416 e. The maximum absolute atomic E-state index is 13.0. The Morgan fingerprint density at radius 1 is 1.13 bits per heavy atom. The average molecular weight is 416 g/mol. The third-order valence-corrected chi connectivity index (χ3v) is 4.89. The number of pyridine rings is 1. The number of hydrogen-bond donors (Lipinski definition) is 0. The monoisotopic (exact) mass is 416 g/mol. The molecule has 0 unspecified atom stereocenters. The molecule has 0 atom stereocenters. The highest BCUT2D eigenvalue weighted by atomic mass is 19.4. The van der Waals surface area contributed by atoms with Crippen LogP contribution in [0.4, 0.5) is 17.6 Å². The summed E-state index contributed by atoms with van der Waals surface area (Å²) < 4.78 is 52.8. The molecule has 0 saturated carbocycles. The molecule has 0 N–H and O–H groups in total. The molecule has 0 bridgehead atoms. The van der Waals surface area contributed by atoms with E-state index in [-0.39, 0.29) is 19.1 Å². The Kier molecular flexibility index (Phi) is 4.89. The van der Waals surface area contributed by atoms with E-state index >= 15 is 0 Å². The summed E-state index contributed by atoms with van der Waals surface area (Å²) in [5.41, 5.74) is 1.09. The minimum atomic E-state index is -4.38. The van der Waals surface area contributed by atoms with Crippen LogP contribution in [0, 0.1) is 0 Å². The van der Waals surface area contributed by atoms with Crippen molar-refractivity contribution in [2.45, 2.75) is 12.2 Å². The zero-order valence-electron chi connectivity index (χ0n) is 15.6. The predicted molar refractivity (Wildman–Crippen MR) is 104 cm³/mol. The van der Waals surface area contributed by atoms with E-state index in [1.54, 1.807) is 29.1 Å². The lowest BCUT2D eigenvalue weighted by Gasteiger charge is -2.38. The summed E-state index contributed by atoms with van der Waals surface area (Å²) in [6, 6.07) is 8.26. The van der Waals surface area contributed by atoms with Gasteiger partial charge in [0, 0.05) is 24.7 Å². The lowest BCUT2D eigenvalue weighted by molar-refractivity contribution is -0.137. The van der Waals surface area contributed by atoms with E-state index in [1.165, 1.54) is 17.0 Å². The van der Waals surface area contributed by atoms with Crippen LogP contribution in [0.2, 0.25) is 0 Å². The van der Waals surface area contributed by atoms with Crippen LogP contribution in [-0.4, -0.2) is 38.7 Å². The Morgan fingerprint density at radius 3 is 2.47 bits per heavy atom. The quantitative estimate of drug-likeness (QED) is 0.465. The van der Waals surface area contributed by atoms with Gasteiger partial charge in [-0.15, -0.1) is 0 Å². The molecule has 2 aromatic heterocycles. The van der Waals surface area contributed by atoms with E-state index in [1.807, 2.05) is 6.07 Å². The lowest BCUT2D eigenvalue weighted by Crippen LogP contribution is -2.51. The van der Waals surface area contributed by atoms with Gasteiger partial charge in [-0.2, -0.15) is 18.3 Å². The van der Waals surface area contributed by atoms with E-state index < -0.39 is 23.5 Å². The van der Waals surface area contributed by atoms with Crippen LogP contribution in [-0.2, 0) is 11.0 Å². The molecular formula is C21H16F4N4O. The molecule has 9 heteroatoms. The minimum absolute atomic E-state index is 0.154. The second kappa shape index (κ2) is 7.40. The Morgan fingerprint density at radius 2 is 1.83 bits per heavy atom. The molecule has 5 nitrogen and oxygen atoms in total. The molecule has 30 heavy (non-hydrogen) atoms. The van der Waals surface area contributed by atoms with E-state index in [2.05, 4.69) is 16.7 Å². The van der Waals surface area contributed by atoms with Crippen molar-refractivity contribution in [3.8, 4) is 0 Å². The number of benzene rings is 1. The highest BCUT2D eigenvalue weighted by molar-refractivity contribution is 5.91. The molecule has 1 aromatic carbocycles. The molecular weight excluding hydrogens is 400 g/mol. The number of likely N-dealkylation sites (tertiary alicyclic amines) is 1. The summed E-state index contributed by atoms with van der Waals surface area (Å²) >= 11 is 0. The van der Waals surface area contributed by atoms with Crippen LogP contribution < -0.4 is 0 Å². The molecule has 1 fully saturated rings. The topological polar surface area (TPSA) is 51.0 Å². The fourth-order valence-corrected chi connectivity index (χ4v) is 3.28. The molecule has 3 heterocycles. The van der Waals surface area contributed by atoms with Gasteiger partial charge in [0.2, 0.25) is 0 Å². The van der Waals surface area contributed by atoms with Gasteiger partial charge >= 0.3 is 6.18 Å². The molecule has 1 saturated heterocycles. The predicted octanol–water partition coefficient (Wildman–Crippen LogP) is 4.49. The van der Waals surface area contributed by atoms with Gasteiger partial charge in [-0.25, -0.2) is 14.1 Å². The number of alkyl halides is 3. The number of fused-ring (bicyclic) bond motifs is 1. The molecule has 0 radical (unpaired) electrons. The summed E-state index contributed by atoms with van der Waals surface area (Å²) in [7, 11) is 0. The standard InChI is InChI=1S/C21H16F4N4O/c1-13(22)20(30)28-11-16(12-28)29-19-17(3-2-10-26-19)18(27-29)9-6-14-4-7-15(8-5-14)21(23,24)25/h2-10,16H,1,11-12H2/b9-6+. The first-order valence-corrected chi connectivity index (χ1v) is 9.06. The van der Waals surface area contributed by atoms with E-state index in [9.17, 15) is 22.4 Å². The Bertz CT molecular complexity index is 1140. The van der Waals surface area contributed by atoms with Gasteiger partial charge in [0.1, 0.15) is 0 Å². The van der Waals surface area contributed by atoms with Crippen molar-refractivity contribution in [2.75, 3.05) is 13.1 Å². The molecule has 0 aliphatic carbocycles. The van der Waals surface area contributed by atoms with Crippen LogP contribution in [0.25, 0.3) is 23.2 Å². The van der Waals surface area contributed by atoms with Crippen LogP contribution in [0.15, 0.2) is 55.0 Å². The summed E-state index contributed by atoms with van der Waals surface area (Å²) in [4.78, 5) is 17.3. The van der Waals surface area contributed by atoms with Crippen LogP contribution in [0.5, 0.6) is 0 Å². The summed E-state index contributed by atoms with van der Waals surface area (Å²) in [6.45, 7) is 3.60. The average Bonchev–Trinajstić information content (AvgIpc) is 3.03. The summed E-state index contributed by atoms with van der Waals surface area (Å²) in [6.07, 6.45) is 0.612. The summed E-state index contributed by atoms with van der Waals surface area (Å²) in [5, 5.41) is 5.32. The number of rotatable bonds is 4. The van der Waals surface area contributed by atoms with Crippen molar-refractivity contribution in [2.24, 2.45) is 0 Å². The highest BCUT2D eigenvalue weighted by Crippen LogP contribution is 2.30. The lowest BCUT2D eigenvalue weighted by atomic mass is 10.1. The fourth-order valence-electron chi connectivity index (χ4n) is 3.28. The van der Waals surface area contributed by atoms with Crippen molar-refractivity contribution in [3.63, 3.8) is 0 Å². The van der Waals surface area contributed by atoms with Gasteiger partial charge in [0.15, 0.2) is 11.5 Å². The Labute approximate surface area is 168 Å². The number of carbonyl (C=O) groups excluding carboxylic acids is 1. The van der Waals surface area contributed by atoms with E-state index in [4.69, 9.17) is 0 Å². The SMILES string of the molecule is C=C(F)C(=O)N1CC(n2nc(/C=C/c3ccc(C(F)(F)F)cc3)c3cccnc32)C1. The zero-order chi connectivity index (χ0) is 21.5.